The van der Waals surface area contributed by atoms with E-state index in [1.165, 1.54) is 6.20 Å². The molecular formula is C12H9FN4. The fourth-order valence-corrected chi connectivity index (χ4v) is 1.68. The highest BCUT2D eigenvalue weighted by Crippen LogP contribution is 2.20. The van der Waals surface area contributed by atoms with Gasteiger partial charge in [-0.25, -0.2) is 4.98 Å². The summed E-state index contributed by atoms with van der Waals surface area (Å²) in [7, 11) is 0. The standard InChI is InChI=1S/C12H9FN4/c13-12-15-6-4-11(17-12)16-9-1-2-10-8(7-9)3-5-14-10/h1-7,14H,(H,15,16,17). The number of fused-ring (bicyclic) bond motifs is 1. The number of nitrogens with one attached hydrogen (secondary N) is 2. The topological polar surface area (TPSA) is 53.6 Å². The van der Waals surface area contributed by atoms with Crippen molar-refractivity contribution in [2.75, 3.05) is 5.32 Å². The normalized spacial score (nSPS) is 10.6. The SMILES string of the molecule is Fc1nccc(Nc2ccc3[nH]ccc3c2)n1. The molecule has 0 saturated carbocycles. The molecule has 1 aromatic carbocycles. The maximum absolute atomic E-state index is 12.8. The first-order valence-corrected chi connectivity index (χ1v) is 5.14. The molecule has 84 valence electrons. The highest BCUT2D eigenvalue weighted by Gasteiger charge is 2.00. The molecule has 0 radical (unpaired) electrons. The second kappa shape index (κ2) is 3.86. The van der Waals surface area contributed by atoms with E-state index in [4.69, 9.17) is 0 Å². The molecular weight excluding hydrogens is 219 g/mol. The van der Waals surface area contributed by atoms with Crippen molar-refractivity contribution in [3.63, 3.8) is 0 Å². The van der Waals surface area contributed by atoms with E-state index in [1.807, 2.05) is 30.5 Å². The lowest BCUT2D eigenvalue weighted by atomic mass is 10.2. The molecule has 0 atom stereocenters. The van der Waals surface area contributed by atoms with E-state index in [1.54, 1.807) is 6.07 Å². The highest BCUT2D eigenvalue weighted by atomic mass is 19.1. The minimum absolute atomic E-state index is 0.437. The Morgan fingerprint density at radius 3 is 3.00 bits per heavy atom. The van der Waals surface area contributed by atoms with Crippen LogP contribution in [-0.2, 0) is 0 Å². The third-order valence-corrected chi connectivity index (χ3v) is 2.45. The molecule has 3 aromatic rings. The Kier molecular flexibility index (Phi) is 2.22. The number of benzene rings is 1. The second-order valence-electron chi connectivity index (χ2n) is 3.62. The van der Waals surface area contributed by atoms with Crippen molar-refractivity contribution in [1.82, 2.24) is 15.0 Å². The van der Waals surface area contributed by atoms with Gasteiger partial charge >= 0.3 is 6.08 Å². The Labute approximate surface area is 96.5 Å². The summed E-state index contributed by atoms with van der Waals surface area (Å²) in [4.78, 5) is 10.1. The summed E-state index contributed by atoms with van der Waals surface area (Å²) in [6.45, 7) is 0. The minimum Gasteiger partial charge on any atom is -0.361 e. The average molecular weight is 228 g/mol. The number of aromatic amines is 1. The number of H-pyrrole nitrogens is 1. The predicted molar refractivity (Wildman–Crippen MR) is 63.6 cm³/mol. The predicted octanol–water partition coefficient (Wildman–Crippen LogP) is 2.84. The van der Waals surface area contributed by atoms with Gasteiger partial charge in [-0.1, -0.05) is 0 Å². The van der Waals surface area contributed by atoms with Gasteiger partial charge in [-0.2, -0.15) is 9.37 Å². The van der Waals surface area contributed by atoms with E-state index in [0.29, 0.717) is 5.82 Å². The summed E-state index contributed by atoms with van der Waals surface area (Å²) in [5, 5.41) is 4.11. The highest BCUT2D eigenvalue weighted by molar-refractivity contribution is 5.83. The summed E-state index contributed by atoms with van der Waals surface area (Å²) in [5.41, 5.74) is 1.92. The maximum Gasteiger partial charge on any atom is 0.310 e. The Morgan fingerprint density at radius 1 is 1.18 bits per heavy atom. The molecule has 3 rings (SSSR count). The Balaban J connectivity index is 1.94. The first kappa shape index (κ1) is 9.77. The molecule has 2 N–H and O–H groups in total. The molecule has 5 heteroatoms. The van der Waals surface area contributed by atoms with Crippen LogP contribution in [0.15, 0.2) is 42.7 Å². The van der Waals surface area contributed by atoms with Crippen molar-refractivity contribution < 1.29 is 4.39 Å². The third kappa shape index (κ3) is 1.94. The molecule has 0 saturated heterocycles. The number of anilines is 2. The molecule has 0 unspecified atom stereocenters. The van der Waals surface area contributed by atoms with Crippen molar-refractivity contribution in [1.29, 1.82) is 0 Å². The van der Waals surface area contributed by atoms with Crippen LogP contribution in [0.3, 0.4) is 0 Å². The van der Waals surface area contributed by atoms with Gasteiger partial charge in [-0.3, -0.25) is 0 Å². The summed E-state index contributed by atoms with van der Waals surface area (Å²) >= 11 is 0. The molecule has 0 spiro atoms. The number of nitrogens with zero attached hydrogens (tertiary/aromatic N) is 2. The molecule has 0 amide bonds. The van der Waals surface area contributed by atoms with Gasteiger partial charge < -0.3 is 10.3 Å². The van der Waals surface area contributed by atoms with Gasteiger partial charge in [0.25, 0.3) is 0 Å². The van der Waals surface area contributed by atoms with Gasteiger partial charge in [0.05, 0.1) is 0 Å². The van der Waals surface area contributed by atoms with Crippen LogP contribution < -0.4 is 5.32 Å². The smallest absolute Gasteiger partial charge is 0.310 e. The lowest BCUT2D eigenvalue weighted by molar-refractivity contribution is 0.540. The van der Waals surface area contributed by atoms with Crippen LogP contribution in [0.4, 0.5) is 15.9 Å². The van der Waals surface area contributed by atoms with Gasteiger partial charge in [0.15, 0.2) is 0 Å². The number of hydrogen-bond donors (Lipinski definition) is 2. The van der Waals surface area contributed by atoms with Crippen molar-refractivity contribution >= 4 is 22.4 Å². The molecule has 0 bridgehead atoms. The van der Waals surface area contributed by atoms with Crippen LogP contribution >= 0.6 is 0 Å². The monoisotopic (exact) mass is 228 g/mol. The number of hydrogen-bond acceptors (Lipinski definition) is 3. The van der Waals surface area contributed by atoms with E-state index in [9.17, 15) is 4.39 Å². The molecule has 0 fully saturated rings. The summed E-state index contributed by atoms with van der Waals surface area (Å²) in [6.07, 6.45) is 2.51. The minimum atomic E-state index is -0.738. The molecule has 0 aliphatic heterocycles. The van der Waals surface area contributed by atoms with E-state index in [0.717, 1.165) is 16.6 Å². The molecule has 2 heterocycles. The summed E-state index contributed by atoms with van der Waals surface area (Å²) in [5.74, 6) is 0.437. The lowest BCUT2D eigenvalue weighted by Crippen LogP contribution is -1.96. The zero-order valence-corrected chi connectivity index (χ0v) is 8.81. The van der Waals surface area contributed by atoms with Crippen molar-refractivity contribution in [2.24, 2.45) is 0 Å². The van der Waals surface area contributed by atoms with Crippen LogP contribution in [0.5, 0.6) is 0 Å². The van der Waals surface area contributed by atoms with Gasteiger partial charge in [-0.15, -0.1) is 0 Å². The fraction of sp³-hybridized carbons (Fsp3) is 0. The van der Waals surface area contributed by atoms with Crippen LogP contribution in [0.1, 0.15) is 0 Å². The Hall–Kier alpha value is -2.43. The van der Waals surface area contributed by atoms with Crippen molar-refractivity contribution in [2.45, 2.75) is 0 Å². The Bertz CT molecular complexity index is 662. The Morgan fingerprint density at radius 2 is 2.12 bits per heavy atom. The van der Waals surface area contributed by atoms with Crippen LogP contribution in [-0.4, -0.2) is 15.0 Å². The van der Waals surface area contributed by atoms with Gasteiger partial charge in [-0.05, 0) is 30.3 Å². The van der Waals surface area contributed by atoms with E-state index < -0.39 is 6.08 Å². The molecule has 4 nitrogen and oxygen atoms in total. The first-order valence-electron chi connectivity index (χ1n) is 5.14. The summed E-state index contributed by atoms with van der Waals surface area (Å²) in [6, 6.07) is 9.41. The first-order chi connectivity index (χ1) is 8.31. The molecule has 0 aliphatic rings. The lowest BCUT2D eigenvalue weighted by Gasteiger charge is -2.04. The average Bonchev–Trinajstić information content (AvgIpc) is 2.76. The maximum atomic E-state index is 12.8. The van der Waals surface area contributed by atoms with Crippen LogP contribution in [0.25, 0.3) is 10.9 Å². The molecule has 0 aliphatic carbocycles. The second-order valence-corrected chi connectivity index (χ2v) is 3.62. The zero-order valence-electron chi connectivity index (χ0n) is 8.81. The van der Waals surface area contributed by atoms with Crippen LogP contribution in [0.2, 0.25) is 0 Å². The molecule has 2 aromatic heterocycles. The zero-order chi connectivity index (χ0) is 11.7. The van der Waals surface area contributed by atoms with Gasteiger partial charge in [0.2, 0.25) is 0 Å². The quantitative estimate of drug-likeness (QED) is 0.663. The summed E-state index contributed by atoms with van der Waals surface area (Å²) < 4.78 is 12.8. The van der Waals surface area contributed by atoms with E-state index in [-0.39, 0.29) is 0 Å². The number of aromatic nitrogens is 3. The number of halogens is 1. The number of rotatable bonds is 2. The van der Waals surface area contributed by atoms with E-state index in [2.05, 4.69) is 20.3 Å². The van der Waals surface area contributed by atoms with Gasteiger partial charge in [0, 0.05) is 29.0 Å². The van der Waals surface area contributed by atoms with E-state index >= 15 is 0 Å². The van der Waals surface area contributed by atoms with Crippen molar-refractivity contribution in [3.05, 3.63) is 48.8 Å². The van der Waals surface area contributed by atoms with Gasteiger partial charge in [0.1, 0.15) is 5.82 Å². The van der Waals surface area contributed by atoms with Crippen molar-refractivity contribution in [3.8, 4) is 0 Å². The van der Waals surface area contributed by atoms with Crippen LogP contribution in [0, 0.1) is 6.08 Å². The third-order valence-electron chi connectivity index (χ3n) is 2.45. The fourth-order valence-electron chi connectivity index (χ4n) is 1.68. The molecule has 17 heavy (non-hydrogen) atoms. The largest absolute Gasteiger partial charge is 0.361 e.